The summed E-state index contributed by atoms with van der Waals surface area (Å²) in [5.74, 6) is 2.07. The maximum absolute atomic E-state index is 13.5. The van der Waals surface area contributed by atoms with Gasteiger partial charge in [-0.25, -0.2) is 0 Å². The first-order valence-electron chi connectivity index (χ1n) is 10.4. The first kappa shape index (κ1) is 19.8. The van der Waals surface area contributed by atoms with E-state index in [9.17, 15) is 4.79 Å². The van der Waals surface area contributed by atoms with Crippen molar-refractivity contribution in [1.29, 1.82) is 0 Å². The number of aromatic nitrogens is 2. The second-order valence-electron chi connectivity index (χ2n) is 9.15. The van der Waals surface area contributed by atoms with Crippen LogP contribution in [-0.4, -0.2) is 40.8 Å². The summed E-state index contributed by atoms with van der Waals surface area (Å²) in [5, 5.41) is 4.76. The Bertz CT molecular complexity index is 905. The second-order valence-corrected chi connectivity index (χ2v) is 9.15. The standard InChI is InChI=1S/C23H31N3O3/c1-23(2,3)26-20(15-6-7-15)13-19(24-26)22(27)25(17-8-9-17)14-16-12-18(28-4)10-11-21(16)29-5/h10-13,15,17H,6-9,14H2,1-5H3. The highest BCUT2D eigenvalue weighted by atomic mass is 16.5. The molecular weight excluding hydrogens is 366 g/mol. The summed E-state index contributed by atoms with van der Waals surface area (Å²) in [5.41, 5.74) is 2.55. The van der Waals surface area contributed by atoms with Crippen LogP contribution in [-0.2, 0) is 12.1 Å². The van der Waals surface area contributed by atoms with Crippen molar-refractivity contribution in [3.8, 4) is 11.5 Å². The van der Waals surface area contributed by atoms with Crippen molar-refractivity contribution in [2.75, 3.05) is 14.2 Å². The van der Waals surface area contributed by atoms with E-state index in [0.29, 0.717) is 18.2 Å². The first-order chi connectivity index (χ1) is 13.8. The summed E-state index contributed by atoms with van der Waals surface area (Å²) in [6, 6.07) is 8.00. The van der Waals surface area contributed by atoms with E-state index in [1.54, 1.807) is 14.2 Å². The first-order valence-corrected chi connectivity index (χ1v) is 10.4. The van der Waals surface area contributed by atoms with Crippen LogP contribution in [0.2, 0.25) is 0 Å². The second kappa shape index (κ2) is 7.39. The smallest absolute Gasteiger partial charge is 0.274 e. The Labute approximate surface area is 172 Å². The minimum atomic E-state index is -0.142. The van der Waals surface area contributed by atoms with Gasteiger partial charge in [0.1, 0.15) is 11.5 Å². The van der Waals surface area contributed by atoms with Gasteiger partial charge in [0.15, 0.2) is 5.69 Å². The van der Waals surface area contributed by atoms with Crippen LogP contribution in [0, 0.1) is 0 Å². The van der Waals surface area contributed by atoms with Gasteiger partial charge in [-0.2, -0.15) is 5.10 Å². The van der Waals surface area contributed by atoms with Gasteiger partial charge >= 0.3 is 0 Å². The van der Waals surface area contributed by atoms with E-state index in [-0.39, 0.29) is 17.5 Å². The van der Waals surface area contributed by atoms with Crippen molar-refractivity contribution in [3.63, 3.8) is 0 Å². The van der Waals surface area contributed by atoms with Crippen LogP contribution in [0.4, 0.5) is 0 Å². The molecule has 6 nitrogen and oxygen atoms in total. The lowest BCUT2D eigenvalue weighted by Crippen LogP contribution is -2.33. The highest BCUT2D eigenvalue weighted by Gasteiger charge is 2.37. The van der Waals surface area contributed by atoms with Gasteiger partial charge in [0.2, 0.25) is 0 Å². The number of hydrogen-bond donors (Lipinski definition) is 0. The average molecular weight is 398 g/mol. The van der Waals surface area contributed by atoms with Crippen LogP contribution in [0.5, 0.6) is 11.5 Å². The van der Waals surface area contributed by atoms with Crippen molar-refractivity contribution in [3.05, 3.63) is 41.2 Å². The molecule has 0 unspecified atom stereocenters. The minimum Gasteiger partial charge on any atom is -0.497 e. The number of ether oxygens (including phenoxy) is 2. The van der Waals surface area contributed by atoms with Crippen LogP contribution in [0.15, 0.2) is 24.3 Å². The Kier molecular flexibility index (Phi) is 5.05. The fraction of sp³-hybridized carbons (Fsp3) is 0.565. The third-order valence-corrected chi connectivity index (χ3v) is 5.66. The Hall–Kier alpha value is -2.50. The third-order valence-electron chi connectivity index (χ3n) is 5.66. The summed E-state index contributed by atoms with van der Waals surface area (Å²) in [6.45, 7) is 6.91. The number of amides is 1. The Morgan fingerprint density at radius 3 is 2.41 bits per heavy atom. The van der Waals surface area contributed by atoms with E-state index in [1.807, 2.05) is 29.2 Å². The van der Waals surface area contributed by atoms with Gasteiger partial charge in [0.25, 0.3) is 5.91 Å². The van der Waals surface area contributed by atoms with Crippen molar-refractivity contribution in [2.24, 2.45) is 0 Å². The van der Waals surface area contributed by atoms with Crippen LogP contribution in [0.1, 0.15) is 74.1 Å². The maximum Gasteiger partial charge on any atom is 0.274 e. The van der Waals surface area contributed by atoms with Crippen LogP contribution in [0.25, 0.3) is 0 Å². The lowest BCUT2D eigenvalue weighted by atomic mass is 10.1. The molecule has 1 aromatic heterocycles. The molecule has 0 atom stereocenters. The highest BCUT2D eigenvalue weighted by Crippen LogP contribution is 2.42. The topological polar surface area (TPSA) is 56.6 Å². The van der Waals surface area contributed by atoms with E-state index in [0.717, 1.165) is 29.9 Å². The normalized spacial score (nSPS) is 16.6. The number of methoxy groups -OCH3 is 2. The minimum absolute atomic E-state index is 0.00210. The molecule has 0 spiro atoms. The van der Waals surface area contributed by atoms with Crippen LogP contribution in [0.3, 0.4) is 0 Å². The Morgan fingerprint density at radius 2 is 1.86 bits per heavy atom. The molecule has 2 fully saturated rings. The van der Waals surface area contributed by atoms with Crippen molar-refractivity contribution in [1.82, 2.24) is 14.7 Å². The zero-order chi connectivity index (χ0) is 20.8. The molecule has 6 heteroatoms. The molecule has 0 saturated heterocycles. The molecule has 2 saturated carbocycles. The molecule has 29 heavy (non-hydrogen) atoms. The van der Waals surface area contributed by atoms with Gasteiger partial charge in [0, 0.05) is 23.2 Å². The predicted octanol–water partition coefficient (Wildman–Crippen LogP) is 4.34. The van der Waals surface area contributed by atoms with Gasteiger partial charge in [0.05, 0.1) is 26.3 Å². The summed E-state index contributed by atoms with van der Waals surface area (Å²) < 4.78 is 12.9. The summed E-state index contributed by atoms with van der Waals surface area (Å²) in [7, 11) is 3.30. The molecule has 0 radical (unpaired) electrons. The van der Waals surface area contributed by atoms with E-state index < -0.39 is 0 Å². The quantitative estimate of drug-likeness (QED) is 0.697. The van der Waals surface area contributed by atoms with Gasteiger partial charge in [-0.15, -0.1) is 0 Å². The number of nitrogens with zero attached hydrogens (tertiary/aromatic N) is 3. The van der Waals surface area contributed by atoms with Crippen molar-refractivity contribution in [2.45, 2.75) is 70.5 Å². The molecule has 2 aliphatic carbocycles. The Morgan fingerprint density at radius 1 is 1.14 bits per heavy atom. The maximum atomic E-state index is 13.5. The molecule has 4 rings (SSSR count). The largest absolute Gasteiger partial charge is 0.497 e. The number of carbonyl (C=O) groups excluding carboxylic acids is 1. The zero-order valence-electron chi connectivity index (χ0n) is 18.1. The third kappa shape index (κ3) is 4.11. The molecule has 1 amide bonds. The summed E-state index contributed by atoms with van der Waals surface area (Å²) in [4.78, 5) is 15.4. The number of benzene rings is 1. The molecule has 1 aromatic carbocycles. The molecule has 1 heterocycles. The van der Waals surface area contributed by atoms with Gasteiger partial charge in [-0.1, -0.05) is 0 Å². The van der Waals surface area contributed by atoms with Crippen molar-refractivity contribution < 1.29 is 14.3 Å². The number of carbonyl (C=O) groups is 1. The lowest BCUT2D eigenvalue weighted by Gasteiger charge is -2.24. The predicted molar refractivity (Wildman–Crippen MR) is 112 cm³/mol. The molecule has 2 aromatic rings. The number of hydrogen-bond acceptors (Lipinski definition) is 4. The molecule has 156 valence electrons. The summed E-state index contributed by atoms with van der Waals surface area (Å²) in [6.07, 6.45) is 4.44. The number of rotatable bonds is 7. The van der Waals surface area contributed by atoms with Gasteiger partial charge in [-0.05, 0) is 70.7 Å². The molecule has 2 aliphatic rings. The van der Waals surface area contributed by atoms with Gasteiger partial charge in [-0.3, -0.25) is 9.48 Å². The van der Waals surface area contributed by atoms with Crippen molar-refractivity contribution >= 4 is 5.91 Å². The van der Waals surface area contributed by atoms with Gasteiger partial charge < -0.3 is 14.4 Å². The molecule has 0 aliphatic heterocycles. The summed E-state index contributed by atoms with van der Waals surface area (Å²) >= 11 is 0. The SMILES string of the molecule is COc1ccc(OC)c(CN(C(=O)c2cc(C3CC3)n(C(C)(C)C)n2)C2CC2)c1. The van der Waals surface area contributed by atoms with E-state index in [4.69, 9.17) is 14.6 Å². The zero-order valence-corrected chi connectivity index (χ0v) is 18.1. The Balaban J connectivity index is 1.64. The molecular formula is C23H31N3O3. The van der Waals surface area contributed by atoms with Crippen LogP contribution < -0.4 is 9.47 Å². The lowest BCUT2D eigenvalue weighted by molar-refractivity contribution is 0.0721. The monoisotopic (exact) mass is 397 g/mol. The average Bonchev–Trinajstić information content (AvgIpc) is 3.62. The van der Waals surface area contributed by atoms with E-state index in [1.165, 1.54) is 18.5 Å². The fourth-order valence-corrected chi connectivity index (χ4v) is 3.80. The highest BCUT2D eigenvalue weighted by molar-refractivity contribution is 5.93. The fourth-order valence-electron chi connectivity index (χ4n) is 3.80. The van der Waals surface area contributed by atoms with Crippen LogP contribution >= 0.6 is 0 Å². The van der Waals surface area contributed by atoms with E-state index in [2.05, 4.69) is 25.5 Å². The molecule has 0 bridgehead atoms. The van der Waals surface area contributed by atoms with E-state index >= 15 is 0 Å². The molecule has 0 N–H and O–H groups in total.